The molecule has 2 fully saturated rings. The summed E-state index contributed by atoms with van der Waals surface area (Å²) in [4.78, 5) is 12.2. The van der Waals surface area contributed by atoms with Crippen LogP contribution in [-0.4, -0.2) is 23.0 Å². The standard InChI is InChI=1S/C13H23N3O2/c1-2-3-10(12(14)16-18)13(17)15-11-7-8-4-5-9(11)6-8/h8-11,18H,2-7H2,1H3,(H2,14,16)(H,15,17). The van der Waals surface area contributed by atoms with Gasteiger partial charge in [-0.05, 0) is 37.5 Å². The van der Waals surface area contributed by atoms with Gasteiger partial charge in [-0.3, -0.25) is 4.79 Å². The molecule has 4 N–H and O–H groups in total. The smallest absolute Gasteiger partial charge is 0.231 e. The Morgan fingerprint density at radius 2 is 2.28 bits per heavy atom. The lowest BCUT2D eigenvalue weighted by Crippen LogP contribution is -2.45. The van der Waals surface area contributed by atoms with Gasteiger partial charge in [0, 0.05) is 6.04 Å². The van der Waals surface area contributed by atoms with Gasteiger partial charge in [0.05, 0.1) is 5.92 Å². The molecule has 5 heteroatoms. The average Bonchev–Trinajstić information content (AvgIpc) is 2.97. The number of hydrogen-bond acceptors (Lipinski definition) is 3. The van der Waals surface area contributed by atoms with Crippen LogP contribution in [0.3, 0.4) is 0 Å². The Balaban J connectivity index is 1.93. The predicted octanol–water partition coefficient (Wildman–Crippen LogP) is 1.45. The summed E-state index contributed by atoms with van der Waals surface area (Å²) in [5.41, 5.74) is 5.59. The second-order valence-corrected chi connectivity index (χ2v) is 5.66. The molecular weight excluding hydrogens is 230 g/mol. The first-order valence-electron chi connectivity index (χ1n) is 6.93. The summed E-state index contributed by atoms with van der Waals surface area (Å²) in [7, 11) is 0. The highest BCUT2D eigenvalue weighted by Gasteiger charge is 2.40. The van der Waals surface area contributed by atoms with Gasteiger partial charge in [-0.25, -0.2) is 0 Å². The number of hydrogen-bond donors (Lipinski definition) is 3. The highest BCUT2D eigenvalue weighted by molar-refractivity contribution is 6.02. The number of rotatable bonds is 5. The van der Waals surface area contributed by atoms with E-state index in [0.29, 0.717) is 18.4 Å². The van der Waals surface area contributed by atoms with E-state index in [4.69, 9.17) is 10.9 Å². The molecule has 0 saturated heterocycles. The number of nitrogens with one attached hydrogen (secondary N) is 1. The molecule has 0 spiro atoms. The van der Waals surface area contributed by atoms with Gasteiger partial charge in [0.15, 0.2) is 5.84 Å². The molecule has 2 rings (SSSR count). The van der Waals surface area contributed by atoms with Gasteiger partial charge in [-0.15, -0.1) is 0 Å². The Morgan fingerprint density at radius 1 is 1.50 bits per heavy atom. The average molecular weight is 253 g/mol. The fourth-order valence-electron chi connectivity index (χ4n) is 3.48. The summed E-state index contributed by atoms with van der Waals surface area (Å²) in [6, 6.07) is 0.307. The summed E-state index contributed by atoms with van der Waals surface area (Å²) in [6.45, 7) is 1.99. The molecule has 0 aromatic carbocycles. The first-order chi connectivity index (χ1) is 8.65. The summed E-state index contributed by atoms with van der Waals surface area (Å²) in [6.07, 6.45) is 6.37. The van der Waals surface area contributed by atoms with E-state index in [0.717, 1.165) is 18.8 Å². The largest absolute Gasteiger partial charge is 0.409 e. The van der Waals surface area contributed by atoms with E-state index >= 15 is 0 Å². The summed E-state index contributed by atoms with van der Waals surface area (Å²) in [5, 5.41) is 14.8. The van der Waals surface area contributed by atoms with Crippen LogP contribution >= 0.6 is 0 Å². The van der Waals surface area contributed by atoms with E-state index in [1.54, 1.807) is 0 Å². The lowest BCUT2D eigenvalue weighted by atomic mass is 9.94. The third-order valence-electron chi connectivity index (χ3n) is 4.43. The maximum Gasteiger partial charge on any atom is 0.231 e. The maximum atomic E-state index is 12.2. The molecule has 2 aliphatic carbocycles. The minimum atomic E-state index is -0.487. The van der Waals surface area contributed by atoms with Crippen LogP contribution in [0.25, 0.3) is 0 Å². The number of carbonyl (C=O) groups excluding carboxylic acids is 1. The first-order valence-corrected chi connectivity index (χ1v) is 6.93. The van der Waals surface area contributed by atoms with Crippen molar-refractivity contribution in [1.29, 1.82) is 0 Å². The maximum absolute atomic E-state index is 12.2. The molecule has 0 heterocycles. The zero-order valence-corrected chi connectivity index (χ0v) is 10.9. The van der Waals surface area contributed by atoms with Crippen molar-refractivity contribution in [1.82, 2.24) is 5.32 Å². The van der Waals surface area contributed by atoms with Crippen LogP contribution in [0.5, 0.6) is 0 Å². The normalized spacial score (nSPS) is 32.5. The molecule has 0 aliphatic heterocycles. The van der Waals surface area contributed by atoms with Gasteiger partial charge in [-0.2, -0.15) is 0 Å². The van der Waals surface area contributed by atoms with Crippen molar-refractivity contribution >= 4 is 11.7 Å². The molecule has 2 bridgehead atoms. The van der Waals surface area contributed by atoms with E-state index in [2.05, 4.69) is 10.5 Å². The van der Waals surface area contributed by atoms with Crippen molar-refractivity contribution in [2.45, 2.75) is 51.5 Å². The Hall–Kier alpha value is -1.26. The van der Waals surface area contributed by atoms with Crippen molar-refractivity contribution in [3.05, 3.63) is 0 Å². The van der Waals surface area contributed by atoms with Crippen LogP contribution in [0.4, 0.5) is 0 Å². The molecular formula is C13H23N3O2. The second kappa shape index (κ2) is 5.59. The molecule has 0 radical (unpaired) electrons. The Labute approximate surface area is 108 Å². The van der Waals surface area contributed by atoms with Crippen LogP contribution in [0.1, 0.15) is 45.4 Å². The molecule has 4 unspecified atom stereocenters. The van der Waals surface area contributed by atoms with Crippen molar-refractivity contribution in [3.8, 4) is 0 Å². The lowest BCUT2D eigenvalue weighted by molar-refractivity contribution is -0.124. The van der Waals surface area contributed by atoms with E-state index < -0.39 is 5.92 Å². The molecule has 2 saturated carbocycles. The zero-order chi connectivity index (χ0) is 13.1. The van der Waals surface area contributed by atoms with Crippen LogP contribution in [0, 0.1) is 17.8 Å². The fraction of sp³-hybridized carbons (Fsp3) is 0.846. The van der Waals surface area contributed by atoms with Crippen molar-refractivity contribution in [2.24, 2.45) is 28.6 Å². The van der Waals surface area contributed by atoms with E-state index in [1.165, 1.54) is 19.3 Å². The monoisotopic (exact) mass is 253 g/mol. The molecule has 0 aromatic heterocycles. The number of amides is 1. The molecule has 2 aliphatic rings. The van der Waals surface area contributed by atoms with Crippen molar-refractivity contribution in [2.75, 3.05) is 0 Å². The van der Waals surface area contributed by atoms with E-state index in [9.17, 15) is 4.79 Å². The van der Waals surface area contributed by atoms with Crippen LogP contribution in [0.15, 0.2) is 5.16 Å². The van der Waals surface area contributed by atoms with Gasteiger partial charge in [0.2, 0.25) is 5.91 Å². The van der Waals surface area contributed by atoms with Crippen molar-refractivity contribution < 1.29 is 10.0 Å². The van der Waals surface area contributed by atoms with Crippen LogP contribution < -0.4 is 11.1 Å². The number of nitrogens with zero attached hydrogens (tertiary/aromatic N) is 1. The van der Waals surface area contributed by atoms with Gasteiger partial charge in [0.25, 0.3) is 0 Å². The van der Waals surface area contributed by atoms with Gasteiger partial charge < -0.3 is 16.3 Å². The van der Waals surface area contributed by atoms with Gasteiger partial charge in [0.1, 0.15) is 0 Å². The summed E-state index contributed by atoms with van der Waals surface area (Å²) >= 11 is 0. The third kappa shape index (κ3) is 2.60. The topological polar surface area (TPSA) is 87.7 Å². The first kappa shape index (κ1) is 13.2. The Bertz CT molecular complexity index is 343. The van der Waals surface area contributed by atoms with E-state index in [1.807, 2.05) is 6.92 Å². The van der Waals surface area contributed by atoms with Crippen molar-refractivity contribution in [3.63, 3.8) is 0 Å². The molecule has 1 amide bonds. The Morgan fingerprint density at radius 3 is 2.78 bits per heavy atom. The Kier molecular flexibility index (Phi) is 4.09. The highest BCUT2D eigenvalue weighted by atomic mass is 16.4. The SMILES string of the molecule is CCCC(C(=O)NC1CC2CCC1C2)C(N)=NO. The highest BCUT2D eigenvalue weighted by Crippen LogP contribution is 2.44. The molecule has 0 aromatic rings. The fourth-order valence-corrected chi connectivity index (χ4v) is 3.48. The summed E-state index contributed by atoms with van der Waals surface area (Å²) < 4.78 is 0. The summed E-state index contributed by atoms with van der Waals surface area (Å²) in [5.74, 6) is 0.906. The molecule has 102 valence electrons. The molecule has 5 nitrogen and oxygen atoms in total. The van der Waals surface area contributed by atoms with Crippen LogP contribution in [-0.2, 0) is 4.79 Å². The third-order valence-corrected chi connectivity index (χ3v) is 4.43. The predicted molar refractivity (Wildman–Crippen MR) is 69.2 cm³/mol. The number of amidine groups is 1. The van der Waals surface area contributed by atoms with E-state index in [-0.39, 0.29) is 11.7 Å². The minimum absolute atomic E-state index is 0.0255. The number of fused-ring (bicyclic) bond motifs is 2. The second-order valence-electron chi connectivity index (χ2n) is 5.66. The van der Waals surface area contributed by atoms with Crippen LogP contribution in [0.2, 0.25) is 0 Å². The zero-order valence-electron chi connectivity index (χ0n) is 10.9. The van der Waals surface area contributed by atoms with Gasteiger partial charge >= 0.3 is 0 Å². The number of carbonyl (C=O) groups is 1. The molecule has 4 atom stereocenters. The molecule has 18 heavy (non-hydrogen) atoms. The lowest BCUT2D eigenvalue weighted by Gasteiger charge is -2.25. The van der Waals surface area contributed by atoms with Gasteiger partial charge in [-0.1, -0.05) is 24.9 Å². The quantitative estimate of drug-likeness (QED) is 0.300. The number of nitrogens with two attached hydrogens (primary N) is 1. The number of oxime groups is 1. The minimum Gasteiger partial charge on any atom is -0.409 e.